The Morgan fingerprint density at radius 2 is 1.57 bits per heavy atom. The Balaban J connectivity index is 2.45. The van der Waals surface area contributed by atoms with Crippen molar-refractivity contribution in [2.75, 3.05) is 17.1 Å². The van der Waals surface area contributed by atoms with Gasteiger partial charge in [0.1, 0.15) is 12.6 Å². The molecule has 2 amide bonds. The number of hydrogen-bond donors (Lipinski definition) is 1. The summed E-state index contributed by atoms with van der Waals surface area (Å²) >= 11 is 18.3. The predicted octanol–water partition coefficient (Wildman–Crippen LogP) is 5.05. The minimum absolute atomic E-state index is 0.0175. The molecule has 1 N–H and O–H groups in total. The number of anilines is 1. The Morgan fingerprint density at radius 3 is 2.11 bits per heavy atom. The number of nitrogens with zero attached hydrogens (tertiary/aromatic N) is 2. The van der Waals surface area contributed by atoms with Gasteiger partial charge in [-0.2, -0.15) is 0 Å². The molecule has 0 spiro atoms. The lowest BCUT2D eigenvalue weighted by Gasteiger charge is -2.32. The van der Waals surface area contributed by atoms with Gasteiger partial charge in [0, 0.05) is 12.6 Å². The zero-order chi connectivity index (χ0) is 26.5. The SMILES string of the molecule is CC[C@@H](C)NC(=O)[C@@H](C)N(Cc1ccc(C)cc1)C(=O)CN(c1cc(Cl)c(Cl)cc1Cl)S(C)(=O)=O. The van der Waals surface area contributed by atoms with Crippen molar-refractivity contribution in [1.29, 1.82) is 0 Å². The number of carbonyl (C=O) groups is 2. The van der Waals surface area contributed by atoms with Crippen LogP contribution in [0, 0.1) is 6.92 Å². The van der Waals surface area contributed by atoms with E-state index in [1.807, 2.05) is 45.0 Å². The van der Waals surface area contributed by atoms with Crippen LogP contribution in [0.25, 0.3) is 0 Å². The van der Waals surface area contributed by atoms with Crippen LogP contribution in [0.3, 0.4) is 0 Å². The summed E-state index contributed by atoms with van der Waals surface area (Å²) in [7, 11) is -3.95. The van der Waals surface area contributed by atoms with Crippen LogP contribution in [0.5, 0.6) is 0 Å². The molecule has 0 aromatic heterocycles. The molecule has 0 fully saturated rings. The number of amides is 2. The molecule has 0 radical (unpaired) electrons. The van der Waals surface area contributed by atoms with E-state index in [4.69, 9.17) is 34.8 Å². The van der Waals surface area contributed by atoms with Gasteiger partial charge in [0.15, 0.2) is 0 Å². The Kier molecular flexibility index (Phi) is 10.3. The zero-order valence-electron chi connectivity index (χ0n) is 20.3. The van der Waals surface area contributed by atoms with Gasteiger partial charge in [-0.1, -0.05) is 71.6 Å². The van der Waals surface area contributed by atoms with Crippen LogP contribution in [0.1, 0.15) is 38.3 Å². The first-order chi connectivity index (χ1) is 16.2. The highest BCUT2D eigenvalue weighted by molar-refractivity contribution is 7.92. The number of nitrogens with one attached hydrogen (secondary N) is 1. The fourth-order valence-corrected chi connectivity index (χ4v) is 4.78. The van der Waals surface area contributed by atoms with Crippen LogP contribution in [-0.2, 0) is 26.2 Å². The van der Waals surface area contributed by atoms with E-state index < -0.39 is 28.5 Å². The molecule has 0 saturated heterocycles. The van der Waals surface area contributed by atoms with Crippen molar-refractivity contribution in [3.05, 3.63) is 62.6 Å². The fraction of sp³-hybridized carbons (Fsp3) is 0.417. The Labute approximate surface area is 222 Å². The first-order valence-corrected chi connectivity index (χ1v) is 14.0. The second-order valence-corrected chi connectivity index (χ2v) is 11.6. The quantitative estimate of drug-likeness (QED) is 0.411. The molecule has 0 heterocycles. The number of rotatable bonds is 10. The van der Waals surface area contributed by atoms with Gasteiger partial charge in [0.25, 0.3) is 0 Å². The summed E-state index contributed by atoms with van der Waals surface area (Å²) in [6.45, 7) is 6.90. The molecule has 0 aliphatic rings. The van der Waals surface area contributed by atoms with Crippen molar-refractivity contribution >= 4 is 62.3 Å². The minimum atomic E-state index is -3.95. The predicted molar refractivity (Wildman–Crippen MR) is 143 cm³/mol. The third kappa shape index (κ3) is 8.00. The maximum atomic E-state index is 13.5. The first-order valence-electron chi connectivity index (χ1n) is 11.0. The highest BCUT2D eigenvalue weighted by atomic mass is 35.5. The highest BCUT2D eigenvalue weighted by Gasteiger charge is 2.31. The number of benzene rings is 2. The van der Waals surface area contributed by atoms with E-state index >= 15 is 0 Å². The molecule has 35 heavy (non-hydrogen) atoms. The number of carbonyl (C=O) groups excluding carboxylic acids is 2. The molecule has 0 unspecified atom stereocenters. The van der Waals surface area contributed by atoms with Crippen LogP contribution < -0.4 is 9.62 Å². The molecule has 11 heteroatoms. The fourth-order valence-electron chi connectivity index (χ4n) is 3.24. The molecule has 2 aromatic carbocycles. The molecule has 2 aromatic rings. The molecule has 192 valence electrons. The van der Waals surface area contributed by atoms with E-state index in [-0.39, 0.29) is 39.2 Å². The Bertz CT molecular complexity index is 1170. The van der Waals surface area contributed by atoms with Crippen molar-refractivity contribution in [2.24, 2.45) is 0 Å². The van der Waals surface area contributed by atoms with Crippen LogP contribution in [0.15, 0.2) is 36.4 Å². The Morgan fingerprint density at radius 1 is 1.00 bits per heavy atom. The number of aryl methyl sites for hydroxylation is 1. The van der Waals surface area contributed by atoms with Gasteiger partial charge in [-0.25, -0.2) is 8.42 Å². The topological polar surface area (TPSA) is 86.8 Å². The van der Waals surface area contributed by atoms with Crippen molar-refractivity contribution < 1.29 is 18.0 Å². The monoisotopic (exact) mass is 561 g/mol. The van der Waals surface area contributed by atoms with Crippen LogP contribution >= 0.6 is 34.8 Å². The molecule has 0 aliphatic heterocycles. The average Bonchev–Trinajstić information content (AvgIpc) is 2.78. The summed E-state index contributed by atoms with van der Waals surface area (Å²) in [5, 5.41) is 3.14. The van der Waals surface area contributed by atoms with Crippen LogP contribution in [0.4, 0.5) is 5.69 Å². The summed E-state index contributed by atoms with van der Waals surface area (Å²) in [6.07, 6.45) is 1.69. The summed E-state index contributed by atoms with van der Waals surface area (Å²) in [5.41, 5.74) is 1.86. The summed E-state index contributed by atoms with van der Waals surface area (Å²) in [6, 6.07) is 9.20. The largest absolute Gasteiger partial charge is 0.352 e. The standard InChI is InChI=1S/C24H30Cl3N3O4S/c1-6-16(3)28-24(32)17(4)29(13-18-9-7-15(2)8-10-18)23(31)14-30(35(5,33)34)22-12-20(26)19(25)11-21(22)27/h7-12,16-17H,6,13-14H2,1-5H3,(H,28,32)/t16-,17-/m1/s1. The molecular weight excluding hydrogens is 533 g/mol. The van der Waals surface area contributed by atoms with E-state index in [0.29, 0.717) is 0 Å². The molecule has 7 nitrogen and oxygen atoms in total. The second-order valence-electron chi connectivity index (χ2n) is 8.49. The molecule has 0 saturated carbocycles. The Hall–Kier alpha value is -2.00. The van der Waals surface area contributed by atoms with Gasteiger partial charge in [0.05, 0.1) is 27.0 Å². The second kappa shape index (κ2) is 12.3. The molecule has 0 bridgehead atoms. The van der Waals surface area contributed by atoms with Gasteiger partial charge < -0.3 is 10.2 Å². The van der Waals surface area contributed by atoms with E-state index in [9.17, 15) is 18.0 Å². The van der Waals surface area contributed by atoms with E-state index in [1.54, 1.807) is 6.92 Å². The van der Waals surface area contributed by atoms with Gasteiger partial charge in [-0.15, -0.1) is 0 Å². The normalized spacial score (nSPS) is 13.1. The van der Waals surface area contributed by atoms with Gasteiger partial charge in [-0.3, -0.25) is 13.9 Å². The summed E-state index contributed by atoms with van der Waals surface area (Å²) in [4.78, 5) is 27.8. The number of sulfonamides is 1. The maximum absolute atomic E-state index is 13.5. The summed E-state index contributed by atoms with van der Waals surface area (Å²) < 4.78 is 26.2. The molecule has 0 aliphatic carbocycles. The zero-order valence-corrected chi connectivity index (χ0v) is 23.4. The smallest absolute Gasteiger partial charge is 0.244 e. The van der Waals surface area contributed by atoms with Crippen LogP contribution in [0.2, 0.25) is 15.1 Å². The highest BCUT2D eigenvalue weighted by Crippen LogP contribution is 2.35. The third-order valence-electron chi connectivity index (χ3n) is 5.58. The number of hydrogen-bond acceptors (Lipinski definition) is 4. The van der Waals surface area contributed by atoms with Gasteiger partial charge >= 0.3 is 0 Å². The molecular formula is C24H30Cl3N3O4S. The van der Waals surface area contributed by atoms with Gasteiger partial charge in [0.2, 0.25) is 21.8 Å². The lowest BCUT2D eigenvalue weighted by atomic mass is 10.1. The van der Waals surface area contributed by atoms with Crippen molar-refractivity contribution in [1.82, 2.24) is 10.2 Å². The van der Waals surface area contributed by atoms with Gasteiger partial charge in [-0.05, 0) is 44.9 Å². The van der Waals surface area contributed by atoms with E-state index in [0.717, 1.165) is 28.1 Å². The first kappa shape index (κ1) is 29.2. The van der Waals surface area contributed by atoms with E-state index in [2.05, 4.69) is 5.32 Å². The van der Waals surface area contributed by atoms with Crippen LogP contribution in [-0.4, -0.2) is 50.0 Å². The van der Waals surface area contributed by atoms with Crippen molar-refractivity contribution in [2.45, 2.75) is 52.7 Å². The molecule has 2 rings (SSSR count). The minimum Gasteiger partial charge on any atom is -0.352 e. The summed E-state index contributed by atoms with van der Waals surface area (Å²) in [5.74, 6) is -0.914. The van der Waals surface area contributed by atoms with Crippen molar-refractivity contribution in [3.8, 4) is 0 Å². The maximum Gasteiger partial charge on any atom is 0.244 e. The lowest BCUT2D eigenvalue weighted by Crippen LogP contribution is -2.52. The molecule has 2 atom stereocenters. The average molecular weight is 563 g/mol. The van der Waals surface area contributed by atoms with E-state index in [1.165, 1.54) is 17.0 Å². The van der Waals surface area contributed by atoms with Crippen molar-refractivity contribution in [3.63, 3.8) is 0 Å². The lowest BCUT2D eigenvalue weighted by molar-refractivity contribution is -0.139. The number of halogens is 3. The third-order valence-corrected chi connectivity index (χ3v) is 7.73.